The molecule has 3 atom stereocenters. The lowest BCUT2D eigenvalue weighted by Crippen LogP contribution is -2.51. The molecule has 0 aliphatic carbocycles. The van der Waals surface area contributed by atoms with E-state index in [-0.39, 0.29) is 34.4 Å². The van der Waals surface area contributed by atoms with Crippen molar-refractivity contribution in [3.8, 4) is 0 Å². The number of ether oxygens (including phenoxy) is 1. The minimum absolute atomic E-state index is 0.0830. The van der Waals surface area contributed by atoms with Crippen LogP contribution in [0.3, 0.4) is 0 Å². The lowest BCUT2D eigenvalue weighted by Gasteiger charge is -2.37. The molecule has 1 aromatic rings. The number of benzene rings is 1. The highest BCUT2D eigenvalue weighted by atomic mass is 32.2. The molecule has 3 aliphatic heterocycles. The number of nitrogens with one attached hydrogen (secondary N) is 1. The van der Waals surface area contributed by atoms with Gasteiger partial charge in [-0.15, -0.1) is 0 Å². The number of morpholine rings is 1. The predicted octanol–water partition coefficient (Wildman–Crippen LogP) is 1.24. The fraction of sp³-hybridized carbons (Fsp3) is 0.609. The highest BCUT2D eigenvalue weighted by Gasteiger charge is 2.37. The lowest BCUT2D eigenvalue weighted by atomic mass is 9.93. The monoisotopic (exact) mass is 476 g/mol. The van der Waals surface area contributed by atoms with Crippen molar-refractivity contribution in [3.63, 3.8) is 0 Å². The van der Waals surface area contributed by atoms with Gasteiger partial charge in [-0.1, -0.05) is 32.4 Å². The lowest BCUT2D eigenvalue weighted by molar-refractivity contribution is -0.144. The first kappa shape index (κ1) is 23.7. The summed E-state index contributed by atoms with van der Waals surface area (Å²) in [6.07, 6.45) is 2.23. The average Bonchev–Trinajstić information content (AvgIpc) is 3.11. The topological polar surface area (TPSA) is 108 Å². The van der Waals surface area contributed by atoms with Crippen LogP contribution in [0.4, 0.5) is 0 Å². The van der Waals surface area contributed by atoms with Gasteiger partial charge in [0.2, 0.25) is 11.8 Å². The Labute approximate surface area is 195 Å². The summed E-state index contributed by atoms with van der Waals surface area (Å²) in [4.78, 5) is 35.0. The van der Waals surface area contributed by atoms with Gasteiger partial charge in [0.1, 0.15) is 11.9 Å². The number of carbonyl (C=O) groups excluding carboxylic acids is 2. The van der Waals surface area contributed by atoms with E-state index in [4.69, 9.17) is 4.74 Å². The van der Waals surface area contributed by atoms with Crippen molar-refractivity contribution in [3.05, 3.63) is 29.8 Å². The first-order valence-electron chi connectivity index (χ1n) is 11.7. The highest BCUT2D eigenvalue weighted by Crippen LogP contribution is 2.26. The number of nitrogens with zero attached hydrogens (tertiary/aromatic N) is 3. The molecule has 9 nitrogen and oxygen atoms in total. The van der Waals surface area contributed by atoms with E-state index in [1.807, 2.05) is 18.7 Å². The standard InChI is InChI=1S/C23H32N4O5S/c1-3-16(2)20(24-21-18-8-4-5-9-19(18)33(30,31)25-21)23(29)27-10-6-7-17(15-27)22(28)26-11-13-32-14-12-26/h4-5,8-9,16-17,20H,3,6-7,10-15H2,1-2H3,(H,24,25)/t16-,17?,20-/m0/s1. The maximum atomic E-state index is 13.6. The Bertz CT molecular complexity index is 1040. The molecule has 4 rings (SSSR count). The third-order valence-electron chi connectivity index (χ3n) is 6.77. The Morgan fingerprint density at radius 3 is 2.64 bits per heavy atom. The molecule has 33 heavy (non-hydrogen) atoms. The van der Waals surface area contributed by atoms with E-state index in [2.05, 4.69) is 9.71 Å². The molecule has 0 saturated carbocycles. The summed E-state index contributed by atoms with van der Waals surface area (Å²) in [7, 11) is -3.68. The van der Waals surface area contributed by atoms with Gasteiger partial charge in [-0.3, -0.25) is 19.3 Å². The molecular formula is C23H32N4O5S. The van der Waals surface area contributed by atoms with Crippen molar-refractivity contribution in [2.24, 2.45) is 16.8 Å². The molecule has 2 amide bonds. The van der Waals surface area contributed by atoms with Crippen LogP contribution in [0.1, 0.15) is 38.7 Å². The molecule has 10 heteroatoms. The van der Waals surface area contributed by atoms with Crippen LogP contribution >= 0.6 is 0 Å². The van der Waals surface area contributed by atoms with Gasteiger partial charge in [-0.2, -0.15) is 0 Å². The quantitative estimate of drug-likeness (QED) is 0.688. The van der Waals surface area contributed by atoms with E-state index in [0.717, 1.165) is 12.8 Å². The second kappa shape index (κ2) is 9.80. The molecule has 1 unspecified atom stereocenters. The van der Waals surface area contributed by atoms with Crippen molar-refractivity contribution in [1.82, 2.24) is 14.5 Å². The fourth-order valence-corrected chi connectivity index (χ4v) is 5.86. The molecule has 3 heterocycles. The van der Waals surface area contributed by atoms with Crippen LogP contribution in [0.5, 0.6) is 0 Å². The minimum Gasteiger partial charge on any atom is -0.378 e. The molecule has 1 aromatic carbocycles. The van der Waals surface area contributed by atoms with E-state index in [9.17, 15) is 18.0 Å². The number of hydrogen-bond acceptors (Lipinski definition) is 6. The first-order chi connectivity index (χ1) is 15.8. The summed E-state index contributed by atoms with van der Waals surface area (Å²) in [6, 6.07) is 5.92. The van der Waals surface area contributed by atoms with Crippen molar-refractivity contribution in [1.29, 1.82) is 0 Å². The number of amidine groups is 1. The molecule has 0 spiro atoms. The molecule has 0 bridgehead atoms. The zero-order valence-electron chi connectivity index (χ0n) is 19.2. The zero-order chi connectivity index (χ0) is 23.6. The van der Waals surface area contributed by atoms with Gasteiger partial charge in [-0.05, 0) is 30.9 Å². The van der Waals surface area contributed by atoms with Gasteiger partial charge in [0.25, 0.3) is 10.0 Å². The Morgan fingerprint density at radius 1 is 1.18 bits per heavy atom. The predicted molar refractivity (Wildman–Crippen MR) is 123 cm³/mol. The van der Waals surface area contributed by atoms with Crippen LogP contribution in [-0.4, -0.2) is 81.3 Å². The average molecular weight is 477 g/mol. The molecule has 1 N–H and O–H groups in total. The zero-order valence-corrected chi connectivity index (χ0v) is 20.0. The van der Waals surface area contributed by atoms with Gasteiger partial charge in [-0.25, -0.2) is 8.42 Å². The van der Waals surface area contributed by atoms with Gasteiger partial charge < -0.3 is 14.5 Å². The number of sulfonamides is 1. The summed E-state index contributed by atoms with van der Waals surface area (Å²) in [6.45, 7) is 7.15. The summed E-state index contributed by atoms with van der Waals surface area (Å²) in [5, 5.41) is 0. The van der Waals surface area contributed by atoms with Gasteiger partial charge in [0.15, 0.2) is 0 Å². The maximum absolute atomic E-state index is 13.6. The molecule has 0 aromatic heterocycles. The Balaban J connectivity index is 1.55. The summed E-state index contributed by atoms with van der Waals surface area (Å²) < 4.78 is 32.8. The van der Waals surface area contributed by atoms with E-state index >= 15 is 0 Å². The largest absolute Gasteiger partial charge is 0.378 e. The van der Waals surface area contributed by atoms with Crippen molar-refractivity contribution >= 4 is 27.7 Å². The van der Waals surface area contributed by atoms with Crippen LogP contribution in [0.2, 0.25) is 0 Å². The van der Waals surface area contributed by atoms with E-state index in [1.165, 1.54) is 6.07 Å². The molecule has 180 valence electrons. The number of piperidine rings is 1. The van der Waals surface area contributed by atoms with Gasteiger partial charge >= 0.3 is 0 Å². The van der Waals surface area contributed by atoms with Crippen molar-refractivity contribution in [2.45, 2.75) is 44.0 Å². The van der Waals surface area contributed by atoms with Crippen LogP contribution in [0.25, 0.3) is 0 Å². The number of carbonyl (C=O) groups is 2. The van der Waals surface area contributed by atoms with Crippen molar-refractivity contribution in [2.75, 3.05) is 39.4 Å². The summed E-state index contributed by atoms with van der Waals surface area (Å²) >= 11 is 0. The van der Waals surface area contributed by atoms with Crippen molar-refractivity contribution < 1.29 is 22.7 Å². The minimum atomic E-state index is -3.68. The maximum Gasteiger partial charge on any atom is 0.263 e. The number of hydrogen-bond donors (Lipinski definition) is 1. The summed E-state index contributed by atoms with van der Waals surface area (Å²) in [5.41, 5.74) is 0.484. The van der Waals surface area contributed by atoms with E-state index in [0.29, 0.717) is 51.4 Å². The Kier molecular flexibility index (Phi) is 7.04. The van der Waals surface area contributed by atoms with E-state index < -0.39 is 16.1 Å². The van der Waals surface area contributed by atoms with Gasteiger partial charge in [0, 0.05) is 31.7 Å². The molecule has 3 aliphatic rings. The van der Waals surface area contributed by atoms with Gasteiger partial charge in [0.05, 0.1) is 24.0 Å². The number of fused-ring (bicyclic) bond motifs is 1. The smallest absolute Gasteiger partial charge is 0.263 e. The van der Waals surface area contributed by atoms with Crippen LogP contribution < -0.4 is 4.72 Å². The Hall–Kier alpha value is -2.46. The molecule has 0 radical (unpaired) electrons. The third-order valence-corrected chi connectivity index (χ3v) is 8.17. The summed E-state index contributed by atoms with van der Waals surface area (Å²) in [5.74, 6) is -0.170. The normalized spacial score (nSPS) is 25.3. The fourth-order valence-electron chi connectivity index (χ4n) is 4.63. The number of likely N-dealkylation sites (tertiary alicyclic amines) is 1. The molecule has 2 fully saturated rings. The highest BCUT2D eigenvalue weighted by molar-refractivity contribution is 7.90. The van der Waals surface area contributed by atoms with Crippen LogP contribution in [0, 0.1) is 11.8 Å². The first-order valence-corrected chi connectivity index (χ1v) is 13.2. The number of amides is 2. The number of aliphatic imine (C=N–C) groups is 1. The molecule has 2 saturated heterocycles. The number of rotatable bonds is 5. The Morgan fingerprint density at radius 2 is 1.91 bits per heavy atom. The van der Waals surface area contributed by atoms with Crippen LogP contribution in [-0.2, 0) is 24.3 Å². The van der Waals surface area contributed by atoms with E-state index in [1.54, 1.807) is 23.1 Å². The molecular weight excluding hydrogens is 444 g/mol. The SMILES string of the molecule is CC[C@H](C)[C@H](N=C1NS(=O)(=O)c2ccccc21)C(=O)N1CCCC(C(=O)N2CCOCC2)C1. The second-order valence-corrected chi connectivity index (χ2v) is 10.6. The second-order valence-electron chi connectivity index (χ2n) is 8.97. The van der Waals surface area contributed by atoms with Crippen LogP contribution in [0.15, 0.2) is 34.2 Å². The third kappa shape index (κ3) is 4.91.